The Morgan fingerprint density at radius 2 is 1.80 bits per heavy atom. The Morgan fingerprint density at radius 3 is 2.20 bits per heavy atom. The minimum Gasteiger partial charge on any atom is -0.386 e. The highest BCUT2D eigenvalue weighted by atomic mass is 16.6. The first-order valence-electron chi connectivity index (χ1n) is 5.38. The van der Waals surface area contributed by atoms with Crippen LogP contribution in [0.1, 0.15) is 38.0 Å². The fourth-order valence-corrected chi connectivity index (χ4v) is 1.63. The van der Waals surface area contributed by atoms with Crippen LogP contribution in [0.15, 0.2) is 24.3 Å². The van der Waals surface area contributed by atoms with Crippen LogP contribution in [0.3, 0.4) is 0 Å². The van der Waals surface area contributed by atoms with Gasteiger partial charge in [0.1, 0.15) is 12.2 Å². The van der Waals surface area contributed by atoms with Gasteiger partial charge >= 0.3 is 0 Å². The monoisotopic (exact) mass is 206 g/mol. The molecule has 1 saturated heterocycles. The van der Waals surface area contributed by atoms with Crippen LogP contribution >= 0.6 is 0 Å². The maximum absolute atomic E-state index is 9.83. The Bertz CT molecular complexity index is 331. The van der Waals surface area contributed by atoms with Crippen molar-refractivity contribution in [3.63, 3.8) is 0 Å². The average molecular weight is 206 g/mol. The lowest BCUT2D eigenvalue weighted by molar-refractivity contribution is 0.137. The second kappa shape index (κ2) is 3.62. The summed E-state index contributed by atoms with van der Waals surface area (Å²) in [5, 5.41) is 9.83. The minimum atomic E-state index is -0.459. The Labute approximate surface area is 90.9 Å². The maximum atomic E-state index is 9.83. The zero-order valence-corrected chi connectivity index (χ0v) is 9.53. The molecule has 1 aromatic carbocycles. The molecule has 0 aliphatic carbocycles. The van der Waals surface area contributed by atoms with Gasteiger partial charge in [-0.15, -0.1) is 0 Å². The van der Waals surface area contributed by atoms with E-state index in [0.717, 1.165) is 5.56 Å². The Morgan fingerprint density at radius 1 is 1.27 bits per heavy atom. The summed E-state index contributed by atoms with van der Waals surface area (Å²) in [6.45, 7) is 7.23. The van der Waals surface area contributed by atoms with E-state index in [1.54, 1.807) is 0 Å². The molecule has 2 heteroatoms. The number of epoxide rings is 1. The molecular weight excluding hydrogens is 188 g/mol. The van der Waals surface area contributed by atoms with Gasteiger partial charge in [-0.1, -0.05) is 45.0 Å². The number of rotatable bonds is 2. The predicted molar refractivity (Wildman–Crippen MR) is 59.8 cm³/mol. The molecule has 15 heavy (non-hydrogen) atoms. The predicted octanol–water partition coefficient (Wildman–Crippen LogP) is 2.42. The van der Waals surface area contributed by atoms with Crippen LogP contribution < -0.4 is 0 Å². The van der Waals surface area contributed by atoms with Crippen LogP contribution in [0, 0.1) is 0 Å². The van der Waals surface area contributed by atoms with Crippen molar-refractivity contribution < 1.29 is 9.84 Å². The number of aliphatic hydroxyl groups excluding tert-OH is 1. The molecule has 2 atom stereocenters. The summed E-state index contributed by atoms with van der Waals surface area (Å²) in [5.74, 6) is 0. The molecule has 0 aromatic heterocycles. The fraction of sp³-hybridized carbons (Fsp3) is 0.538. The molecule has 1 heterocycles. The molecule has 1 fully saturated rings. The van der Waals surface area contributed by atoms with Crippen molar-refractivity contribution in [2.75, 3.05) is 6.61 Å². The summed E-state index contributed by atoms with van der Waals surface area (Å²) in [7, 11) is 0. The lowest BCUT2D eigenvalue weighted by Crippen LogP contribution is -2.11. The van der Waals surface area contributed by atoms with E-state index in [4.69, 9.17) is 4.74 Å². The van der Waals surface area contributed by atoms with Gasteiger partial charge in [0.15, 0.2) is 0 Å². The van der Waals surface area contributed by atoms with Crippen LogP contribution in [0.25, 0.3) is 0 Å². The highest BCUT2D eigenvalue weighted by Gasteiger charge is 2.32. The van der Waals surface area contributed by atoms with Gasteiger partial charge in [-0.2, -0.15) is 0 Å². The Hall–Kier alpha value is -0.860. The summed E-state index contributed by atoms with van der Waals surface area (Å²) >= 11 is 0. The van der Waals surface area contributed by atoms with E-state index in [1.807, 2.05) is 12.1 Å². The molecule has 2 rings (SSSR count). The van der Waals surface area contributed by atoms with Crippen molar-refractivity contribution in [1.82, 2.24) is 0 Å². The highest BCUT2D eigenvalue weighted by molar-refractivity contribution is 5.29. The topological polar surface area (TPSA) is 32.8 Å². The van der Waals surface area contributed by atoms with Crippen molar-refractivity contribution >= 4 is 0 Å². The molecule has 82 valence electrons. The van der Waals surface area contributed by atoms with Gasteiger partial charge in [0.05, 0.1) is 6.61 Å². The number of hydrogen-bond donors (Lipinski definition) is 1. The number of benzene rings is 1. The van der Waals surface area contributed by atoms with Gasteiger partial charge in [0, 0.05) is 0 Å². The van der Waals surface area contributed by atoms with Crippen LogP contribution in [-0.2, 0) is 10.2 Å². The summed E-state index contributed by atoms with van der Waals surface area (Å²) in [6, 6.07) is 8.15. The number of aliphatic hydroxyl groups is 1. The first kappa shape index (κ1) is 10.7. The first-order valence-corrected chi connectivity index (χ1v) is 5.38. The van der Waals surface area contributed by atoms with Gasteiger partial charge in [-0.25, -0.2) is 0 Å². The molecule has 2 nitrogen and oxygen atoms in total. The van der Waals surface area contributed by atoms with Crippen LogP contribution in [-0.4, -0.2) is 17.8 Å². The summed E-state index contributed by atoms with van der Waals surface area (Å²) in [5.41, 5.74) is 2.40. The zero-order valence-electron chi connectivity index (χ0n) is 9.53. The van der Waals surface area contributed by atoms with E-state index in [1.165, 1.54) is 5.56 Å². The van der Waals surface area contributed by atoms with Gasteiger partial charge in [0.2, 0.25) is 0 Å². The lowest BCUT2D eigenvalue weighted by Gasteiger charge is -2.19. The molecule has 1 aromatic rings. The van der Waals surface area contributed by atoms with E-state index in [0.29, 0.717) is 6.61 Å². The zero-order chi connectivity index (χ0) is 11.1. The van der Waals surface area contributed by atoms with Crippen LogP contribution in [0.4, 0.5) is 0 Å². The van der Waals surface area contributed by atoms with Crippen LogP contribution in [0.2, 0.25) is 0 Å². The molecular formula is C13H18O2. The third-order valence-corrected chi connectivity index (χ3v) is 2.83. The molecule has 0 saturated carbocycles. The van der Waals surface area contributed by atoms with Gasteiger partial charge < -0.3 is 9.84 Å². The third-order valence-electron chi connectivity index (χ3n) is 2.83. The summed E-state index contributed by atoms with van der Waals surface area (Å²) in [6.07, 6.45) is -0.440. The van der Waals surface area contributed by atoms with E-state index in [-0.39, 0.29) is 11.5 Å². The van der Waals surface area contributed by atoms with Crippen molar-refractivity contribution in [3.8, 4) is 0 Å². The Balaban J connectivity index is 2.16. The second-order valence-corrected chi connectivity index (χ2v) is 5.19. The fourth-order valence-electron chi connectivity index (χ4n) is 1.63. The molecule has 0 radical (unpaired) electrons. The molecule has 0 spiro atoms. The SMILES string of the molecule is CC(C)(C)c1ccc(C(O)C2CO2)cc1. The minimum absolute atomic E-state index is 0.0190. The third kappa shape index (κ3) is 2.39. The van der Waals surface area contributed by atoms with Crippen LogP contribution in [0.5, 0.6) is 0 Å². The molecule has 0 bridgehead atoms. The van der Waals surface area contributed by atoms with Crippen molar-refractivity contribution in [2.24, 2.45) is 0 Å². The average Bonchev–Trinajstić information content (AvgIpc) is 2.99. The first-order chi connectivity index (χ1) is 6.98. The molecule has 2 unspecified atom stereocenters. The molecule has 1 N–H and O–H groups in total. The molecule has 0 amide bonds. The molecule has 1 aliphatic heterocycles. The maximum Gasteiger partial charge on any atom is 0.111 e. The largest absolute Gasteiger partial charge is 0.386 e. The normalized spacial score (nSPS) is 22.5. The van der Waals surface area contributed by atoms with Gasteiger partial charge in [-0.05, 0) is 16.5 Å². The van der Waals surface area contributed by atoms with Crippen molar-refractivity contribution in [1.29, 1.82) is 0 Å². The standard InChI is InChI=1S/C13H18O2/c1-13(2,3)10-6-4-9(5-7-10)12(14)11-8-15-11/h4-7,11-12,14H,8H2,1-3H3. The molecule has 1 aliphatic rings. The lowest BCUT2D eigenvalue weighted by atomic mass is 9.86. The van der Waals surface area contributed by atoms with E-state index >= 15 is 0 Å². The smallest absolute Gasteiger partial charge is 0.111 e. The summed E-state index contributed by atoms with van der Waals surface area (Å²) in [4.78, 5) is 0. The summed E-state index contributed by atoms with van der Waals surface area (Å²) < 4.78 is 5.07. The van der Waals surface area contributed by atoms with E-state index in [9.17, 15) is 5.11 Å². The Kier molecular flexibility index (Phi) is 2.57. The van der Waals surface area contributed by atoms with Crippen molar-refractivity contribution in [3.05, 3.63) is 35.4 Å². The van der Waals surface area contributed by atoms with Crippen molar-refractivity contribution in [2.45, 2.75) is 38.4 Å². The number of hydrogen-bond acceptors (Lipinski definition) is 2. The van der Waals surface area contributed by atoms with Gasteiger partial charge in [0.25, 0.3) is 0 Å². The number of ether oxygens (including phenoxy) is 1. The quantitative estimate of drug-likeness (QED) is 0.754. The second-order valence-electron chi connectivity index (χ2n) is 5.19. The van der Waals surface area contributed by atoms with Gasteiger partial charge in [-0.3, -0.25) is 0 Å². The van der Waals surface area contributed by atoms with E-state index < -0.39 is 6.10 Å². The van der Waals surface area contributed by atoms with E-state index in [2.05, 4.69) is 32.9 Å². The highest BCUT2D eigenvalue weighted by Crippen LogP contribution is 2.29.